The molecule has 0 spiro atoms. The zero-order valence-electron chi connectivity index (χ0n) is 28.5. The summed E-state index contributed by atoms with van der Waals surface area (Å²) in [5.41, 5.74) is 0. The van der Waals surface area contributed by atoms with Crippen molar-refractivity contribution in [3.05, 3.63) is 12.2 Å². The molecule has 0 bridgehead atoms. The molecule has 0 radical (unpaired) electrons. The fourth-order valence-corrected chi connectivity index (χ4v) is 11.8. The summed E-state index contributed by atoms with van der Waals surface area (Å²) >= 11 is 0. The van der Waals surface area contributed by atoms with Crippen LogP contribution in [0.25, 0.3) is 0 Å². The van der Waals surface area contributed by atoms with E-state index >= 15 is 0 Å². The molecule has 10 rings (SSSR count). The summed E-state index contributed by atoms with van der Waals surface area (Å²) in [6, 6.07) is 0. The van der Waals surface area contributed by atoms with E-state index in [1.807, 2.05) is 0 Å². The second kappa shape index (κ2) is 17.6. The molecule has 1 aliphatic heterocycles. The molecular formula is C42H72O. The standard InChI is InChI=1S/2C9H16.C9H14.C8H14O.C7H12/c3*1-2-5-9-7-3-6-8(9)4-1;1-3-7-4-2-6-9-8(7)5-1;1-2-6-4-5-7(6)3-1/h2*8-9H,1-7H2;1-2,8-9H,3-7H2;7-8H,1-6H2;6-7H,1-5H2. The van der Waals surface area contributed by atoms with E-state index in [-0.39, 0.29) is 0 Å². The Hall–Kier alpha value is -0.300. The van der Waals surface area contributed by atoms with Crippen molar-refractivity contribution in [1.29, 1.82) is 0 Å². The second-order valence-corrected chi connectivity index (χ2v) is 17.1. The highest BCUT2D eigenvalue weighted by Gasteiger charge is 2.34. The highest BCUT2D eigenvalue weighted by molar-refractivity contribution is 4.96. The molecule has 8 saturated carbocycles. The minimum atomic E-state index is 0.666. The Morgan fingerprint density at radius 1 is 0.279 bits per heavy atom. The number of allylic oxidation sites excluding steroid dienone is 2. The minimum absolute atomic E-state index is 0.666. The van der Waals surface area contributed by atoms with Crippen molar-refractivity contribution >= 4 is 0 Å². The van der Waals surface area contributed by atoms with Crippen LogP contribution in [0.3, 0.4) is 0 Å². The lowest BCUT2D eigenvalue weighted by atomic mass is 9.77. The summed E-state index contributed by atoms with van der Waals surface area (Å²) in [5.74, 6) is 10.2. The maximum absolute atomic E-state index is 5.60. The first-order valence-electron chi connectivity index (χ1n) is 20.6. The predicted octanol–water partition coefficient (Wildman–Crippen LogP) is 12.9. The Labute approximate surface area is 268 Å². The average molecular weight is 593 g/mol. The molecule has 10 atom stereocenters. The van der Waals surface area contributed by atoms with Gasteiger partial charge in [0, 0.05) is 6.61 Å². The zero-order chi connectivity index (χ0) is 29.1. The van der Waals surface area contributed by atoms with Gasteiger partial charge in [-0.15, -0.1) is 0 Å². The summed E-state index contributed by atoms with van der Waals surface area (Å²) in [4.78, 5) is 0. The van der Waals surface area contributed by atoms with Gasteiger partial charge in [-0.25, -0.2) is 0 Å². The molecule has 1 saturated heterocycles. The first-order chi connectivity index (χ1) is 21.3. The van der Waals surface area contributed by atoms with Gasteiger partial charge < -0.3 is 4.74 Å². The molecule has 0 amide bonds. The van der Waals surface area contributed by atoms with E-state index in [2.05, 4.69) is 12.2 Å². The molecule has 10 unspecified atom stereocenters. The van der Waals surface area contributed by atoms with E-state index in [4.69, 9.17) is 4.74 Å². The Kier molecular flexibility index (Phi) is 13.3. The smallest absolute Gasteiger partial charge is 0.0603 e. The van der Waals surface area contributed by atoms with Gasteiger partial charge in [0.1, 0.15) is 0 Å². The molecule has 0 N–H and O–H groups in total. The van der Waals surface area contributed by atoms with Crippen LogP contribution < -0.4 is 0 Å². The normalized spacial score (nSPS) is 43.2. The van der Waals surface area contributed by atoms with Crippen LogP contribution in [0.2, 0.25) is 0 Å². The lowest BCUT2D eigenvalue weighted by molar-refractivity contribution is -0.00924. The molecule has 10 aliphatic rings. The average Bonchev–Trinajstić information content (AvgIpc) is 3.89. The topological polar surface area (TPSA) is 9.23 Å². The van der Waals surface area contributed by atoms with Crippen LogP contribution in [0.5, 0.6) is 0 Å². The number of hydrogen-bond acceptors (Lipinski definition) is 1. The van der Waals surface area contributed by atoms with Crippen LogP contribution in [0.15, 0.2) is 12.2 Å². The maximum Gasteiger partial charge on any atom is 0.0603 e. The quantitative estimate of drug-likeness (QED) is 0.254. The fraction of sp³-hybridized carbons (Fsp3) is 0.952. The van der Waals surface area contributed by atoms with E-state index in [1.54, 1.807) is 77.0 Å². The minimum Gasteiger partial charge on any atom is -0.378 e. The Bertz CT molecular complexity index is 679. The van der Waals surface area contributed by atoms with E-state index in [9.17, 15) is 0 Å². The van der Waals surface area contributed by atoms with Gasteiger partial charge in [-0.3, -0.25) is 0 Å². The largest absolute Gasteiger partial charge is 0.378 e. The van der Waals surface area contributed by atoms with Crippen LogP contribution in [0, 0.1) is 53.3 Å². The van der Waals surface area contributed by atoms with E-state index in [0.29, 0.717) is 6.10 Å². The Morgan fingerprint density at radius 3 is 1.02 bits per heavy atom. The highest BCUT2D eigenvalue weighted by atomic mass is 16.5. The van der Waals surface area contributed by atoms with Gasteiger partial charge in [-0.1, -0.05) is 134 Å². The third kappa shape index (κ3) is 9.61. The summed E-state index contributed by atoms with van der Waals surface area (Å²) in [5, 5.41) is 0. The molecule has 9 fully saturated rings. The van der Waals surface area contributed by atoms with Crippen LogP contribution in [-0.4, -0.2) is 12.7 Å². The lowest BCUT2D eigenvalue weighted by Crippen LogP contribution is -2.23. The second-order valence-electron chi connectivity index (χ2n) is 17.1. The van der Waals surface area contributed by atoms with Crippen molar-refractivity contribution in [3.63, 3.8) is 0 Å². The molecule has 0 aromatic rings. The van der Waals surface area contributed by atoms with Gasteiger partial charge in [0.2, 0.25) is 0 Å². The molecule has 246 valence electrons. The molecular weight excluding hydrogens is 520 g/mol. The van der Waals surface area contributed by atoms with Crippen LogP contribution >= 0.6 is 0 Å². The van der Waals surface area contributed by atoms with E-state index in [1.165, 1.54) is 145 Å². The first-order valence-corrected chi connectivity index (χ1v) is 20.6. The van der Waals surface area contributed by atoms with Crippen molar-refractivity contribution in [2.75, 3.05) is 6.61 Å². The third-order valence-electron chi connectivity index (χ3n) is 14.7. The Morgan fingerprint density at radius 2 is 0.605 bits per heavy atom. The summed E-state index contributed by atoms with van der Waals surface area (Å²) in [6.07, 6.45) is 49.1. The van der Waals surface area contributed by atoms with Gasteiger partial charge >= 0.3 is 0 Å². The molecule has 9 aliphatic carbocycles. The maximum atomic E-state index is 5.60. The van der Waals surface area contributed by atoms with Crippen molar-refractivity contribution in [1.82, 2.24) is 0 Å². The summed E-state index contributed by atoms with van der Waals surface area (Å²) in [6.45, 7) is 1.03. The van der Waals surface area contributed by atoms with Gasteiger partial charge in [0.15, 0.2) is 0 Å². The lowest BCUT2D eigenvalue weighted by Gasteiger charge is -2.29. The number of hydrogen-bond donors (Lipinski definition) is 0. The third-order valence-corrected chi connectivity index (χ3v) is 14.7. The molecule has 43 heavy (non-hydrogen) atoms. The van der Waals surface area contributed by atoms with Crippen molar-refractivity contribution in [2.45, 2.75) is 192 Å². The Balaban J connectivity index is 0.0000000959. The summed E-state index contributed by atoms with van der Waals surface area (Å²) < 4.78 is 5.60. The predicted molar refractivity (Wildman–Crippen MR) is 184 cm³/mol. The van der Waals surface area contributed by atoms with Gasteiger partial charge in [-0.2, -0.15) is 0 Å². The van der Waals surface area contributed by atoms with Crippen molar-refractivity contribution in [3.8, 4) is 0 Å². The molecule has 1 heterocycles. The zero-order valence-corrected chi connectivity index (χ0v) is 28.5. The van der Waals surface area contributed by atoms with Gasteiger partial charge in [-0.05, 0) is 117 Å². The summed E-state index contributed by atoms with van der Waals surface area (Å²) in [7, 11) is 0. The van der Waals surface area contributed by atoms with Crippen LogP contribution in [0.1, 0.15) is 186 Å². The van der Waals surface area contributed by atoms with Gasteiger partial charge in [0.25, 0.3) is 0 Å². The number of rotatable bonds is 0. The first kappa shape index (κ1) is 32.6. The van der Waals surface area contributed by atoms with Crippen molar-refractivity contribution < 1.29 is 4.74 Å². The fourth-order valence-electron chi connectivity index (χ4n) is 11.8. The van der Waals surface area contributed by atoms with Crippen molar-refractivity contribution in [2.24, 2.45) is 53.3 Å². The van der Waals surface area contributed by atoms with E-state index in [0.717, 1.165) is 24.4 Å². The molecule has 0 aromatic carbocycles. The molecule has 1 heteroatoms. The monoisotopic (exact) mass is 593 g/mol. The number of ether oxygens (including phenoxy) is 1. The van der Waals surface area contributed by atoms with Crippen LogP contribution in [0.4, 0.5) is 0 Å². The SMILES string of the molecule is C1=CCC2CCCC2C1.C1CC2CCC2C1.C1CCC2CCCC2C1.C1CCC2CCCC2C1.C1COC2CCCC2C1. The molecule has 0 aromatic heterocycles. The number of fused-ring (bicyclic) bond motifs is 5. The van der Waals surface area contributed by atoms with Crippen LogP contribution in [-0.2, 0) is 4.74 Å². The molecule has 1 nitrogen and oxygen atoms in total. The highest BCUT2D eigenvalue weighted by Crippen LogP contribution is 2.46. The van der Waals surface area contributed by atoms with Gasteiger partial charge in [0.05, 0.1) is 6.10 Å². The van der Waals surface area contributed by atoms with E-state index < -0.39 is 0 Å².